The number of Topliss-reactive ketones (excluding diaryl/α,β-unsaturated/α-hetero) is 1. The van der Waals surface area contributed by atoms with E-state index in [0.29, 0.717) is 11.3 Å². The Bertz CT molecular complexity index is 590. The van der Waals surface area contributed by atoms with Gasteiger partial charge in [0.15, 0.2) is 5.78 Å². The number of hydrogen-bond acceptors (Lipinski definition) is 3. The number of phenols is 1. The number of carbonyl (C=O) groups is 1. The van der Waals surface area contributed by atoms with Crippen molar-refractivity contribution in [1.29, 1.82) is 0 Å². The molecule has 0 amide bonds. The van der Waals surface area contributed by atoms with Crippen molar-refractivity contribution in [2.45, 2.75) is 13.8 Å². The van der Waals surface area contributed by atoms with Crippen molar-refractivity contribution in [3.63, 3.8) is 0 Å². The molecule has 3 heteroatoms. The summed E-state index contributed by atoms with van der Waals surface area (Å²) in [6.07, 6.45) is 0. The van der Waals surface area contributed by atoms with Crippen molar-refractivity contribution >= 4 is 22.3 Å². The van der Waals surface area contributed by atoms with Crippen molar-refractivity contribution in [2.75, 3.05) is 0 Å². The van der Waals surface area contributed by atoms with Crippen molar-refractivity contribution in [3.05, 3.63) is 36.1 Å². The van der Waals surface area contributed by atoms with Gasteiger partial charge in [-0.15, -0.1) is 0 Å². The third-order valence-corrected chi connectivity index (χ3v) is 2.44. The molecule has 3 nitrogen and oxygen atoms in total. The molecule has 0 radical (unpaired) electrons. The first-order valence-corrected chi connectivity index (χ1v) is 4.93. The number of fused-ring (bicyclic) bond motifs is 1. The molecule has 1 heterocycles. The number of ketones is 1. The normalized spacial score (nSPS) is 10.6. The lowest BCUT2D eigenvalue weighted by molar-refractivity contribution is 0.101. The number of benzene rings is 1. The highest BCUT2D eigenvalue weighted by atomic mass is 16.3. The summed E-state index contributed by atoms with van der Waals surface area (Å²) in [5.41, 5.74) is 1.43. The molecule has 0 saturated heterocycles. The van der Waals surface area contributed by atoms with Gasteiger partial charge < -0.3 is 9.52 Å². The Morgan fingerprint density at radius 1 is 1.38 bits per heavy atom. The summed E-state index contributed by atoms with van der Waals surface area (Å²) >= 11 is 0. The lowest BCUT2D eigenvalue weighted by atomic mass is 10.1. The third kappa shape index (κ3) is 1.50. The maximum absolute atomic E-state index is 11.4. The quantitative estimate of drug-likeness (QED) is 0.783. The average molecular weight is 216 g/mol. The predicted molar refractivity (Wildman–Crippen MR) is 62.6 cm³/mol. The molecule has 0 atom stereocenters. The third-order valence-electron chi connectivity index (χ3n) is 2.44. The van der Waals surface area contributed by atoms with Crippen LogP contribution in [0, 0.1) is 0 Å². The van der Waals surface area contributed by atoms with Crippen LogP contribution in [0.15, 0.2) is 29.2 Å². The molecule has 1 N–H and O–H groups in total. The number of allylic oxidation sites excluding steroid dienone is 1. The van der Waals surface area contributed by atoms with Gasteiger partial charge >= 0.3 is 0 Å². The summed E-state index contributed by atoms with van der Waals surface area (Å²) in [4.78, 5) is 11.4. The fourth-order valence-corrected chi connectivity index (χ4v) is 1.64. The Labute approximate surface area is 93.0 Å². The van der Waals surface area contributed by atoms with Crippen LogP contribution in [0.3, 0.4) is 0 Å². The largest absolute Gasteiger partial charge is 0.507 e. The van der Waals surface area contributed by atoms with E-state index in [0.717, 1.165) is 11.0 Å². The molecule has 0 aliphatic carbocycles. The summed E-state index contributed by atoms with van der Waals surface area (Å²) in [7, 11) is 0. The summed E-state index contributed by atoms with van der Waals surface area (Å²) < 4.78 is 5.52. The van der Waals surface area contributed by atoms with Gasteiger partial charge in [0.2, 0.25) is 0 Å². The van der Waals surface area contributed by atoms with Gasteiger partial charge in [-0.05, 0) is 37.6 Å². The minimum Gasteiger partial charge on any atom is -0.507 e. The van der Waals surface area contributed by atoms with Crippen molar-refractivity contribution < 1.29 is 14.3 Å². The van der Waals surface area contributed by atoms with Gasteiger partial charge in [0.05, 0.1) is 0 Å². The van der Waals surface area contributed by atoms with Gasteiger partial charge in [0.25, 0.3) is 0 Å². The molecule has 1 aromatic heterocycles. The number of phenolic OH excluding ortho intramolecular Hbond substituents is 1. The first-order chi connectivity index (χ1) is 7.50. The molecule has 2 rings (SSSR count). The molecule has 0 bridgehead atoms. The Morgan fingerprint density at radius 3 is 2.62 bits per heavy atom. The van der Waals surface area contributed by atoms with E-state index in [4.69, 9.17) is 4.42 Å². The van der Waals surface area contributed by atoms with Crippen LogP contribution >= 0.6 is 0 Å². The molecule has 0 aliphatic heterocycles. The maximum atomic E-state index is 11.4. The van der Waals surface area contributed by atoms with Crippen LogP contribution < -0.4 is 0 Å². The molecule has 2 aromatic rings. The maximum Gasteiger partial charge on any atom is 0.167 e. The van der Waals surface area contributed by atoms with Crippen LogP contribution in [0.2, 0.25) is 0 Å². The van der Waals surface area contributed by atoms with Crippen LogP contribution in [0.25, 0.3) is 16.5 Å². The van der Waals surface area contributed by atoms with E-state index in [1.54, 1.807) is 6.07 Å². The minimum absolute atomic E-state index is 0.0531. The van der Waals surface area contributed by atoms with Gasteiger partial charge in [0, 0.05) is 5.39 Å². The fourth-order valence-electron chi connectivity index (χ4n) is 1.64. The van der Waals surface area contributed by atoms with Crippen LogP contribution in [0.5, 0.6) is 5.75 Å². The number of carbonyl (C=O) groups excluding carboxylic acids is 1. The average Bonchev–Trinajstić information content (AvgIpc) is 2.60. The van der Waals surface area contributed by atoms with E-state index >= 15 is 0 Å². The highest BCUT2D eigenvalue weighted by Crippen LogP contribution is 2.31. The Hall–Kier alpha value is -2.03. The zero-order chi connectivity index (χ0) is 11.9. The van der Waals surface area contributed by atoms with E-state index in [-0.39, 0.29) is 17.1 Å². The lowest BCUT2D eigenvalue weighted by Crippen LogP contribution is -1.92. The standard InChI is InChI=1S/C13H12O3/c1-7(2)11-6-9-4-5-10(15)12(8(3)14)13(9)16-11/h4-6,15H,1H2,2-3H3. The molecule has 0 unspecified atom stereocenters. The van der Waals surface area contributed by atoms with Crippen molar-refractivity contribution in [1.82, 2.24) is 0 Å². The van der Waals surface area contributed by atoms with Gasteiger partial charge in [0.1, 0.15) is 22.7 Å². The summed E-state index contributed by atoms with van der Waals surface area (Å²) in [5.74, 6) is 0.358. The first-order valence-electron chi connectivity index (χ1n) is 4.93. The summed E-state index contributed by atoms with van der Waals surface area (Å²) in [5, 5.41) is 10.4. The van der Waals surface area contributed by atoms with E-state index < -0.39 is 0 Å². The van der Waals surface area contributed by atoms with Gasteiger partial charge in [-0.3, -0.25) is 4.79 Å². The topological polar surface area (TPSA) is 50.4 Å². The molecule has 0 fully saturated rings. The second-order valence-corrected chi connectivity index (χ2v) is 3.83. The Kier molecular flexibility index (Phi) is 2.31. The molecule has 1 aromatic carbocycles. The Morgan fingerprint density at radius 2 is 2.06 bits per heavy atom. The zero-order valence-electron chi connectivity index (χ0n) is 9.20. The van der Waals surface area contributed by atoms with E-state index in [1.807, 2.05) is 13.0 Å². The fraction of sp³-hybridized carbons (Fsp3) is 0.154. The monoisotopic (exact) mass is 216 g/mol. The molecule has 0 spiro atoms. The first kappa shape index (κ1) is 10.5. The van der Waals surface area contributed by atoms with E-state index in [1.165, 1.54) is 13.0 Å². The second-order valence-electron chi connectivity index (χ2n) is 3.83. The highest BCUT2D eigenvalue weighted by Gasteiger charge is 2.16. The molecule has 0 saturated carbocycles. The van der Waals surface area contributed by atoms with Crippen LogP contribution in [-0.2, 0) is 0 Å². The second kappa shape index (κ2) is 3.52. The lowest BCUT2D eigenvalue weighted by Gasteiger charge is -2.00. The number of aromatic hydroxyl groups is 1. The van der Waals surface area contributed by atoms with E-state index in [2.05, 4.69) is 6.58 Å². The van der Waals surface area contributed by atoms with Crippen molar-refractivity contribution in [3.8, 4) is 5.75 Å². The zero-order valence-corrected chi connectivity index (χ0v) is 9.20. The van der Waals surface area contributed by atoms with Gasteiger partial charge in [-0.25, -0.2) is 0 Å². The molecule has 16 heavy (non-hydrogen) atoms. The summed E-state index contributed by atoms with van der Waals surface area (Å²) in [6, 6.07) is 5.02. The van der Waals surface area contributed by atoms with Crippen LogP contribution in [0.1, 0.15) is 30.0 Å². The van der Waals surface area contributed by atoms with Gasteiger partial charge in [-0.1, -0.05) is 6.58 Å². The Balaban J connectivity index is 2.82. The van der Waals surface area contributed by atoms with Crippen LogP contribution in [-0.4, -0.2) is 10.9 Å². The SMILES string of the molecule is C=C(C)c1cc2ccc(O)c(C(C)=O)c2o1. The number of rotatable bonds is 2. The summed E-state index contributed by atoms with van der Waals surface area (Å²) in [6.45, 7) is 7.00. The predicted octanol–water partition coefficient (Wildman–Crippen LogP) is 3.37. The van der Waals surface area contributed by atoms with Crippen LogP contribution in [0.4, 0.5) is 0 Å². The van der Waals surface area contributed by atoms with E-state index in [9.17, 15) is 9.90 Å². The minimum atomic E-state index is -0.217. The highest BCUT2D eigenvalue weighted by molar-refractivity contribution is 6.07. The number of furan rings is 1. The molecule has 0 aliphatic rings. The molecular formula is C13H12O3. The van der Waals surface area contributed by atoms with Gasteiger partial charge in [-0.2, -0.15) is 0 Å². The smallest absolute Gasteiger partial charge is 0.167 e. The molecule has 82 valence electrons. The molecular weight excluding hydrogens is 204 g/mol. The van der Waals surface area contributed by atoms with Crippen molar-refractivity contribution in [2.24, 2.45) is 0 Å². The number of hydrogen-bond donors (Lipinski definition) is 1.